The molecule has 0 radical (unpaired) electrons. The highest BCUT2D eigenvalue weighted by atomic mass is 19.2. The Hall–Kier alpha value is -2.96. The molecule has 226 valence electrons. The molecule has 0 heterocycles. The standard InChI is InChI=1S/C35H38F6O/c1-3-5-24-14-15-27(33(39)30(24)36)28-17-16-25(31(37)34(28)40)22-10-6-20(7-11-22)21-8-12-23(13-9-21)26-18-19-29(42-4-2)35(41)32(26)38/h14-23H,3-13H2,1-2H3. The Morgan fingerprint density at radius 3 is 1.55 bits per heavy atom. The van der Waals surface area contributed by atoms with E-state index in [1.807, 2.05) is 6.92 Å². The smallest absolute Gasteiger partial charge is 0.200 e. The van der Waals surface area contributed by atoms with Gasteiger partial charge in [0.2, 0.25) is 5.82 Å². The Balaban J connectivity index is 1.20. The van der Waals surface area contributed by atoms with Crippen molar-refractivity contribution in [3.63, 3.8) is 0 Å². The van der Waals surface area contributed by atoms with Crippen molar-refractivity contribution in [1.29, 1.82) is 0 Å². The molecule has 0 spiro atoms. The minimum Gasteiger partial charge on any atom is -0.491 e. The van der Waals surface area contributed by atoms with E-state index in [4.69, 9.17) is 4.74 Å². The van der Waals surface area contributed by atoms with Crippen molar-refractivity contribution < 1.29 is 31.1 Å². The Morgan fingerprint density at radius 2 is 1.02 bits per heavy atom. The monoisotopic (exact) mass is 588 g/mol. The first kappa shape index (κ1) is 30.5. The molecule has 3 aromatic rings. The number of rotatable bonds is 8. The van der Waals surface area contributed by atoms with E-state index in [2.05, 4.69) is 0 Å². The lowest BCUT2D eigenvalue weighted by Gasteiger charge is -2.38. The van der Waals surface area contributed by atoms with Crippen molar-refractivity contribution in [2.45, 2.75) is 89.9 Å². The number of halogens is 6. The van der Waals surface area contributed by atoms with Gasteiger partial charge in [-0.2, -0.15) is 4.39 Å². The third kappa shape index (κ3) is 5.93. The molecule has 2 fully saturated rings. The Kier molecular flexibility index (Phi) is 9.54. The molecule has 0 amide bonds. The van der Waals surface area contributed by atoms with Gasteiger partial charge in [-0.1, -0.05) is 43.7 Å². The summed E-state index contributed by atoms with van der Waals surface area (Å²) < 4.78 is 94.0. The molecule has 0 aromatic heterocycles. The van der Waals surface area contributed by atoms with E-state index in [1.54, 1.807) is 13.0 Å². The van der Waals surface area contributed by atoms with Crippen LogP contribution in [0.15, 0.2) is 36.4 Å². The van der Waals surface area contributed by atoms with Gasteiger partial charge in [0.15, 0.2) is 34.8 Å². The van der Waals surface area contributed by atoms with Crippen LogP contribution >= 0.6 is 0 Å². The van der Waals surface area contributed by atoms with Crippen LogP contribution in [0.5, 0.6) is 5.75 Å². The summed E-state index contributed by atoms with van der Waals surface area (Å²) in [5, 5.41) is 0. The molecular formula is C35H38F6O. The highest BCUT2D eigenvalue weighted by Crippen LogP contribution is 2.47. The molecule has 7 heteroatoms. The molecule has 3 aromatic carbocycles. The van der Waals surface area contributed by atoms with E-state index in [1.165, 1.54) is 30.3 Å². The fourth-order valence-corrected chi connectivity index (χ4v) is 7.28. The van der Waals surface area contributed by atoms with Crippen LogP contribution in [0.25, 0.3) is 11.1 Å². The molecule has 1 nitrogen and oxygen atoms in total. The topological polar surface area (TPSA) is 9.23 Å². The number of hydrogen-bond acceptors (Lipinski definition) is 1. The average Bonchev–Trinajstić information content (AvgIpc) is 3.00. The average molecular weight is 589 g/mol. The van der Waals surface area contributed by atoms with Crippen molar-refractivity contribution in [3.8, 4) is 16.9 Å². The van der Waals surface area contributed by atoms with Crippen LogP contribution in [0.1, 0.15) is 100 Å². The highest BCUT2D eigenvalue weighted by molar-refractivity contribution is 5.66. The molecule has 0 aliphatic heterocycles. The molecule has 42 heavy (non-hydrogen) atoms. The fourth-order valence-electron chi connectivity index (χ4n) is 7.28. The summed E-state index contributed by atoms with van der Waals surface area (Å²) in [6.07, 6.45) is 7.62. The summed E-state index contributed by atoms with van der Waals surface area (Å²) in [5.74, 6) is -5.34. The molecule has 2 saturated carbocycles. The van der Waals surface area contributed by atoms with Gasteiger partial charge in [0.25, 0.3) is 0 Å². The molecule has 2 aliphatic rings. The van der Waals surface area contributed by atoms with Gasteiger partial charge in [0.05, 0.1) is 6.61 Å². The summed E-state index contributed by atoms with van der Waals surface area (Å²) in [5.41, 5.74) is 0.375. The zero-order chi connectivity index (χ0) is 30.0. The van der Waals surface area contributed by atoms with Crippen LogP contribution in [0, 0.1) is 46.7 Å². The quantitative estimate of drug-likeness (QED) is 0.238. The van der Waals surface area contributed by atoms with Gasteiger partial charge in [-0.25, -0.2) is 22.0 Å². The van der Waals surface area contributed by atoms with Crippen molar-refractivity contribution in [2.75, 3.05) is 6.61 Å². The van der Waals surface area contributed by atoms with Crippen molar-refractivity contribution >= 4 is 0 Å². The molecule has 0 N–H and O–H groups in total. The lowest BCUT2D eigenvalue weighted by molar-refractivity contribution is 0.175. The van der Waals surface area contributed by atoms with Crippen molar-refractivity contribution in [1.82, 2.24) is 0 Å². The maximum Gasteiger partial charge on any atom is 0.200 e. The number of hydrogen-bond donors (Lipinski definition) is 0. The number of ether oxygens (including phenoxy) is 1. The zero-order valence-electron chi connectivity index (χ0n) is 24.2. The molecule has 2 aliphatic carbocycles. The molecule has 0 atom stereocenters. The predicted molar refractivity (Wildman–Crippen MR) is 153 cm³/mol. The number of aryl methyl sites for hydroxylation is 1. The predicted octanol–water partition coefficient (Wildman–Crippen LogP) is 10.8. The normalized spacial score (nSPS) is 22.8. The van der Waals surface area contributed by atoms with Crippen LogP contribution < -0.4 is 4.74 Å². The summed E-state index contributed by atoms with van der Waals surface area (Å²) in [6.45, 7) is 3.85. The summed E-state index contributed by atoms with van der Waals surface area (Å²) >= 11 is 0. The third-order valence-corrected chi connectivity index (χ3v) is 9.55. The van der Waals surface area contributed by atoms with Gasteiger partial charge in [0, 0.05) is 11.1 Å². The fraction of sp³-hybridized carbons (Fsp3) is 0.486. The number of benzene rings is 3. The Morgan fingerprint density at radius 1 is 0.548 bits per heavy atom. The van der Waals surface area contributed by atoms with E-state index in [9.17, 15) is 17.6 Å². The lowest BCUT2D eigenvalue weighted by Crippen LogP contribution is -2.25. The second kappa shape index (κ2) is 13.1. The SMILES string of the molecule is CCCc1ccc(-c2ccc(C3CCC(C4CCC(c5ccc(OCC)c(F)c5F)CC4)CC3)c(F)c2F)c(F)c1F. The van der Waals surface area contributed by atoms with Crippen LogP contribution in [-0.4, -0.2) is 6.61 Å². The maximum absolute atomic E-state index is 15.3. The summed E-state index contributed by atoms with van der Waals surface area (Å²) in [4.78, 5) is 0. The maximum atomic E-state index is 15.3. The van der Waals surface area contributed by atoms with E-state index in [0.29, 0.717) is 43.1 Å². The first-order chi connectivity index (χ1) is 20.2. The van der Waals surface area contributed by atoms with Crippen molar-refractivity contribution in [3.05, 3.63) is 88.0 Å². The minimum atomic E-state index is -1.15. The van der Waals surface area contributed by atoms with Crippen LogP contribution in [0.4, 0.5) is 26.3 Å². The second-order valence-corrected chi connectivity index (χ2v) is 11.9. The van der Waals surface area contributed by atoms with E-state index in [-0.39, 0.29) is 46.4 Å². The van der Waals surface area contributed by atoms with Gasteiger partial charge >= 0.3 is 0 Å². The van der Waals surface area contributed by atoms with E-state index < -0.39 is 34.9 Å². The summed E-state index contributed by atoms with van der Waals surface area (Å²) in [7, 11) is 0. The Bertz CT molecular complexity index is 1400. The van der Waals surface area contributed by atoms with E-state index >= 15 is 8.78 Å². The van der Waals surface area contributed by atoms with Gasteiger partial charge in [-0.15, -0.1) is 0 Å². The van der Waals surface area contributed by atoms with Crippen molar-refractivity contribution in [2.24, 2.45) is 11.8 Å². The van der Waals surface area contributed by atoms with Crippen LogP contribution in [-0.2, 0) is 6.42 Å². The Labute approximate surface area is 244 Å². The molecular weight excluding hydrogens is 550 g/mol. The van der Waals surface area contributed by atoms with Gasteiger partial charge in [-0.3, -0.25) is 0 Å². The molecule has 0 unspecified atom stereocenters. The third-order valence-electron chi connectivity index (χ3n) is 9.55. The van der Waals surface area contributed by atoms with Crippen LogP contribution in [0.2, 0.25) is 0 Å². The molecule has 0 saturated heterocycles. The minimum absolute atomic E-state index is 0.0282. The van der Waals surface area contributed by atoms with Gasteiger partial charge in [-0.05, 0) is 111 Å². The molecule has 5 rings (SSSR count). The summed E-state index contributed by atoms with van der Waals surface area (Å²) in [6, 6.07) is 8.79. The second-order valence-electron chi connectivity index (χ2n) is 11.9. The lowest BCUT2D eigenvalue weighted by atomic mass is 9.67. The largest absolute Gasteiger partial charge is 0.491 e. The first-order valence-electron chi connectivity index (χ1n) is 15.3. The first-order valence-corrected chi connectivity index (χ1v) is 15.3. The van der Waals surface area contributed by atoms with Gasteiger partial charge < -0.3 is 4.74 Å². The van der Waals surface area contributed by atoms with Gasteiger partial charge in [0.1, 0.15) is 0 Å². The highest BCUT2D eigenvalue weighted by Gasteiger charge is 2.34. The zero-order valence-corrected chi connectivity index (χ0v) is 24.2. The van der Waals surface area contributed by atoms with Crippen LogP contribution in [0.3, 0.4) is 0 Å². The molecule has 0 bridgehead atoms. The van der Waals surface area contributed by atoms with E-state index in [0.717, 1.165) is 38.5 Å².